The minimum atomic E-state index is -5.08. The number of carboxylic acid groups (broad SMARTS) is 1. The van der Waals surface area contributed by atoms with Crippen molar-refractivity contribution < 1.29 is 32.3 Å². The number of carbonyl (C=O) groups excluding carboxylic acids is 1. The van der Waals surface area contributed by atoms with Gasteiger partial charge in [0.25, 0.3) is 5.91 Å². The first kappa shape index (κ1) is 22.9. The Labute approximate surface area is 179 Å². The number of rotatable bonds is 2. The van der Waals surface area contributed by atoms with E-state index in [0.29, 0.717) is 18.7 Å². The number of amides is 1. The third-order valence-electron chi connectivity index (χ3n) is 4.79. The Bertz CT molecular complexity index is 1080. The highest BCUT2D eigenvalue weighted by atomic mass is 19.4. The van der Waals surface area contributed by atoms with E-state index in [1.807, 2.05) is 4.90 Å². The second-order valence-corrected chi connectivity index (χ2v) is 6.87. The van der Waals surface area contributed by atoms with Crippen LogP contribution in [0, 0.1) is 5.82 Å². The van der Waals surface area contributed by atoms with Gasteiger partial charge in [-0.25, -0.2) is 9.18 Å². The molecule has 0 saturated carbocycles. The smallest absolute Gasteiger partial charge is 0.475 e. The van der Waals surface area contributed by atoms with Gasteiger partial charge in [0, 0.05) is 54.3 Å². The van der Waals surface area contributed by atoms with Gasteiger partial charge in [-0.15, -0.1) is 0 Å². The van der Waals surface area contributed by atoms with Crippen molar-refractivity contribution in [2.45, 2.75) is 19.0 Å². The molecule has 0 unspecified atom stereocenters. The van der Waals surface area contributed by atoms with E-state index >= 15 is 0 Å². The first-order valence-corrected chi connectivity index (χ1v) is 9.48. The van der Waals surface area contributed by atoms with E-state index in [9.17, 15) is 22.4 Å². The number of H-pyrrole nitrogens is 1. The Balaban J connectivity index is 0.000000360. The lowest BCUT2D eigenvalue weighted by Gasteiger charge is -2.20. The number of hydrogen-bond acceptors (Lipinski definition) is 4. The number of carbonyl (C=O) groups is 2. The Kier molecular flexibility index (Phi) is 6.86. The summed E-state index contributed by atoms with van der Waals surface area (Å²) < 4.78 is 44.9. The van der Waals surface area contributed by atoms with Crippen LogP contribution in [0.3, 0.4) is 0 Å². The number of nitrogens with zero attached hydrogens (tertiary/aromatic N) is 3. The summed E-state index contributed by atoms with van der Waals surface area (Å²) in [6.07, 6.45) is -0.385. The van der Waals surface area contributed by atoms with Gasteiger partial charge in [0.05, 0.1) is 5.69 Å². The molecule has 7 nitrogen and oxygen atoms in total. The maximum absolute atomic E-state index is 13.2. The van der Waals surface area contributed by atoms with E-state index in [4.69, 9.17) is 9.90 Å². The molecule has 0 spiro atoms. The van der Waals surface area contributed by atoms with E-state index in [2.05, 4.69) is 15.2 Å². The minimum absolute atomic E-state index is 0.0174. The number of carboxylic acids is 1. The highest BCUT2D eigenvalue weighted by Gasteiger charge is 2.38. The molecule has 4 rings (SSSR count). The predicted molar refractivity (Wildman–Crippen MR) is 105 cm³/mol. The summed E-state index contributed by atoms with van der Waals surface area (Å²) in [5, 5.41) is 14.6. The number of aliphatic carboxylic acids is 1. The standard InChI is InChI=1S/C19H17FN4O.C2HF3O2/c20-15-3-1-13(2-4-15)18-16-7-11-24(12-8-17(16)22-23-18)19(25)14-5-9-21-10-6-14;3-2(4,5)1(6)7/h1-6,9-10H,7-8,11-12H2,(H,22,23);(H,6,7). The Morgan fingerprint density at radius 1 is 1.00 bits per heavy atom. The van der Waals surface area contributed by atoms with E-state index < -0.39 is 12.1 Å². The second-order valence-electron chi connectivity index (χ2n) is 6.87. The normalized spacial score (nSPS) is 13.4. The fourth-order valence-corrected chi connectivity index (χ4v) is 3.21. The molecular formula is C21H18F4N4O3. The molecule has 32 heavy (non-hydrogen) atoms. The first-order chi connectivity index (χ1) is 15.2. The molecule has 3 aromatic rings. The van der Waals surface area contributed by atoms with E-state index in [1.165, 1.54) is 12.1 Å². The average molecular weight is 450 g/mol. The molecule has 2 aromatic heterocycles. The number of nitrogens with one attached hydrogen (secondary N) is 1. The molecule has 1 aliphatic rings. The van der Waals surface area contributed by atoms with Crippen molar-refractivity contribution in [2.24, 2.45) is 0 Å². The largest absolute Gasteiger partial charge is 0.490 e. The summed E-state index contributed by atoms with van der Waals surface area (Å²) >= 11 is 0. The SMILES string of the molecule is O=C(O)C(F)(F)F.O=C(c1ccncc1)N1CCc2[nH]nc(-c3ccc(F)cc3)c2CC1. The van der Waals surface area contributed by atoms with Crippen LogP contribution in [0.25, 0.3) is 11.3 Å². The molecule has 1 aliphatic heterocycles. The number of pyridine rings is 1. The molecule has 0 atom stereocenters. The fourth-order valence-electron chi connectivity index (χ4n) is 3.21. The van der Waals surface area contributed by atoms with Crippen LogP contribution in [-0.4, -0.2) is 56.3 Å². The molecule has 168 valence electrons. The molecule has 0 aliphatic carbocycles. The molecule has 0 saturated heterocycles. The maximum Gasteiger partial charge on any atom is 0.490 e. The summed E-state index contributed by atoms with van der Waals surface area (Å²) in [4.78, 5) is 27.4. The Hall–Kier alpha value is -3.76. The van der Waals surface area contributed by atoms with Crippen LogP contribution in [0.4, 0.5) is 17.6 Å². The van der Waals surface area contributed by atoms with E-state index in [-0.39, 0.29) is 11.7 Å². The van der Waals surface area contributed by atoms with Crippen LogP contribution < -0.4 is 0 Å². The number of aromatic amines is 1. The van der Waals surface area contributed by atoms with E-state index in [0.717, 1.165) is 35.4 Å². The summed E-state index contributed by atoms with van der Waals surface area (Å²) in [6.45, 7) is 1.26. The van der Waals surface area contributed by atoms with Crippen molar-refractivity contribution in [3.63, 3.8) is 0 Å². The molecular weight excluding hydrogens is 432 g/mol. The van der Waals surface area contributed by atoms with Gasteiger partial charge in [0.2, 0.25) is 0 Å². The third kappa shape index (κ3) is 5.48. The van der Waals surface area contributed by atoms with Gasteiger partial charge in [-0.1, -0.05) is 0 Å². The van der Waals surface area contributed by atoms with Gasteiger partial charge in [0.1, 0.15) is 5.82 Å². The molecule has 11 heteroatoms. The number of benzene rings is 1. The highest BCUT2D eigenvalue weighted by Crippen LogP contribution is 2.27. The topological polar surface area (TPSA) is 99.2 Å². The number of halogens is 4. The van der Waals surface area contributed by atoms with Gasteiger partial charge < -0.3 is 10.0 Å². The molecule has 0 bridgehead atoms. The number of fused-ring (bicyclic) bond motifs is 1. The second kappa shape index (κ2) is 9.58. The lowest BCUT2D eigenvalue weighted by Crippen LogP contribution is -2.33. The zero-order valence-corrected chi connectivity index (χ0v) is 16.6. The van der Waals surface area contributed by atoms with Crippen LogP contribution in [0.15, 0.2) is 48.8 Å². The minimum Gasteiger partial charge on any atom is -0.475 e. The van der Waals surface area contributed by atoms with Gasteiger partial charge >= 0.3 is 12.1 Å². The van der Waals surface area contributed by atoms with Crippen LogP contribution in [-0.2, 0) is 17.6 Å². The number of aromatic nitrogens is 3. The Morgan fingerprint density at radius 3 is 2.19 bits per heavy atom. The van der Waals surface area contributed by atoms with Crippen molar-refractivity contribution in [1.29, 1.82) is 0 Å². The molecule has 0 radical (unpaired) electrons. The van der Waals surface area contributed by atoms with Gasteiger partial charge in [-0.05, 0) is 42.8 Å². The zero-order valence-electron chi connectivity index (χ0n) is 16.6. The highest BCUT2D eigenvalue weighted by molar-refractivity contribution is 5.94. The van der Waals surface area contributed by atoms with Crippen molar-refractivity contribution in [1.82, 2.24) is 20.1 Å². The molecule has 0 fully saturated rings. The van der Waals surface area contributed by atoms with Gasteiger partial charge in [-0.2, -0.15) is 18.3 Å². The molecule has 2 N–H and O–H groups in total. The lowest BCUT2D eigenvalue weighted by molar-refractivity contribution is -0.192. The zero-order chi connectivity index (χ0) is 23.3. The van der Waals surface area contributed by atoms with Crippen molar-refractivity contribution in [3.05, 3.63) is 71.4 Å². The Morgan fingerprint density at radius 2 is 1.59 bits per heavy atom. The van der Waals surface area contributed by atoms with Gasteiger partial charge in [-0.3, -0.25) is 14.9 Å². The predicted octanol–water partition coefficient (Wildman–Crippen LogP) is 3.49. The van der Waals surface area contributed by atoms with Crippen LogP contribution in [0.1, 0.15) is 21.6 Å². The van der Waals surface area contributed by atoms with Crippen LogP contribution >= 0.6 is 0 Å². The van der Waals surface area contributed by atoms with Gasteiger partial charge in [0.15, 0.2) is 0 Å². The molecule has 1 amide bonds. The molecule has 1 aromatic carbocycles. The van der Waals surface area contributed by atoms with Crippen molar-refractivity contribution >= 4 is 11.9 Å². The maximum atomic E-state index is 13.2. The number of alkyl halides is 3. The molecule has 3 heterocycles. The van der Waals surface area contributed by atoms with Crippen molar-refractivity contribution in [2.75, 3.05) is 13.1 Å². The lowest BCUT2D eigenvalue weighted by atomic mass is 10.0. The fraction of sp³-hybridized carbons (Fsp3) is 0.238. The summed E-state index contributed by atoms with van der Waals surface area (Å²) in [5.74, 6) is -3.00. The van der Waals surface area contributed by atoms with Crippen LogP contribution in [0.5, 0.6) is 0 Å². The van der Waals surface area contributed by atoms with Crippen molar-refractivity contribution in [3.8, 4) is 11.3 Å². The summed E-state index contributed by atoms with van der Waals surface area (Å²) in [6, 6.07) is 9.81. The van der Waals surface area contributed by atoms with E-state index in [1.54, 1.807) is 36.7 Å². The third-order valence-corrected chi connectivity index (χ3v) is 4.79. The van der Waals surface area contributed by atoms with Crippen LogP contribution in [0.2, 0.25) is 0 Å². The first-order valence-electron chi connectivity index (χ1n) is 9.48. The quantitative estimate of drug-likeness (QED) is 0.583. The monoisotopic (exact) mass is 450 g/mol. The number of hydrogen-bond donors (Lipinski definition) is 2. The summed E-state index contributed by atoms with van der Waals surface area (Å²) in [7, 11) is 0. The summed E-state index contributed by atoms with van der Waals surface area (Å²) in [5.41, 5.74) is 4.53. The average Bonchev–Trinajstić information content (AvgIpc) is 3.05.